The number of amides is 2. The lowest BCUT2D eigenvalue weighted by atomic mass is 9.96. The molecule has 5 heteroatoms. The Morgan fingerprint density at radius 2 is 1.90 bits per heavy atom. The second kappa shape index (κ2) is 8.25. The molecule has 116 valence electrons. The van der Waals surface area contributed by atoms with Crippen LogP contribution in [0, 0.1) is 11.8 Å². The molecule has 0 saturated heterocycles. The minimum absolute atomic E-state index is 0.154. The highest BCUT2D eigenvalue weighted by atomic mass is 16.3. The summed E-state index contributed by atoms with van der Waals surface area (Å²) < 4.78 is 0. The van der Waals surface area contributed by atoms with Crippen molar-refractivity contribution in [2.24, 2.45) is 11.8 Å². The van der Waals surface area contributed by atoms with Crippen LogP contribution in [0.2, 0.25) is 0 Å². The molecule has 20 heavy (non-hydrogen) atoms. The molecule has 0 aliphatic heterocycles. The predicted octanol–water partition coefficient (Wildman–Crippen LogP) is 1.20. The Balaban J connectivity index is 2.52. The zero-order chi connectivity index (χ0) is 15.1. The van der Waals surface area contributed by atoms with Gasteiger partial charge in [-0.1, -0.05) is 33.1 Å². The van der Waals surface area contributed by atoms with Gasteiger partial charge >= 0.3 is 0 Å². The molecule has 0 aromatic heterocycles. The summed E-state index contributed by atoms with van der Waals surface area (Å²) in [6, 6.07) is -0.459. The van der Waals surface area contributed by atoms with E-state index in [0.717, 1.165) is 32.1 Å². The minimum Gasteiger partial charge on any atom is -0.391 e. The largest absolute Gasteiger partial charge is 0.391 e. The number of rotatable bonds is 7. The summed E-state index contributed by atoms with van der Waals surface area (Å²) in [5, 5.41) is 15.4. The van der Waals surface area contributed by atoms with Gasteiger partial charge in [-0.2, -0.15) is 0 Å². The van der Waals surface area contributed by atoms with Gasteiger partial charge in [-0.25, -0.2) is 0 Å². The standard InChI is InChI=1S/C15H28N2O3/c1-4-10(2)13(19)9-16-15(20)14(17-11(3)18)12-7-5-6-8-12/h10,12-14,19H,4-9H2,1-3H3,(H,16,20)(H,17,18). The molecule has 1 aliphatic rings. The van der Waals surface area contributed by atoms with Crippen molar-refractivity contribution < 1.29 is 14.7 Å². The Labute approximate surface area is 121 Å². The number of carbonyl (C=O) groups is 2. The molecule has 3 N–H and O–H groups in total. The first-order valence-corrected chi connectivity index (χ1v) is 7.68. The van der Waals surface area contributed by atoms with Crippen molar-refractivity contribution in [3.8, 4) is 0 Å². The van der Waals surface area contributed by atoms with E-state index in [4.69, 9.17) is 0 Å². The Morgan fingerprint density at radius 3 is 2.40 bits per heavy atom. The quantitative estimate of drug-likeness (QED) is 0.657. The van der Waals surface area contributed by atoms with Crippen molar-refractivity contribution in [3.05, 3.63) is 0 Å². The second-order valence-electron chi connectivity index (χ2n) is 5.92. The average Bonchev–Trinajstić information content (AvgIpc) is 2.94. The maximum absolute atomic E-state index is 12.2. The minimum atomic E-state index is -0.537. The van der Waals surface area contributed by atoms with Crippen LogP contribution in [0.4, 0.5) is 0 Å². The first-order chi connectivity index (χ1) is 9.45. The van der Waals surface area contributed by atoms with E-state index >= 15 is 0 Å². The van der Waals surface area contributed by atoms with Gasteiger partial charge in [0.25, 0.3) is 0 Å². The third-order valence-electron chi connectivity index (χ3n) is 4.30. The molecule has 1 rings (SSSR count). The van der Waals surface area contributed by atoms with E-state index in [2.05, 4.69) is 10.6 Å². The van der Waals surface area contributed by atoms with Gasteiger partial charge in [-0.3, -0.25) is 9.59 Å². The number of aliphatic hydroxyl groups excluding tert-OH is 1. The van der Waals surface area contributed by atoms with Crippen LogP contribution in [-0.4, -0.2) is 35.6 Å². The fraction of sp³-hybridized carbons (Fsp3) is 0.867. The van der Waals surface area contributed by atoms with Gasteiger partial charge in [0.1, 0.15) is 6.04 Å². The summed E-state index contributed by atoms with van der Waals surface area (Å²) >= 11 is 0. The summed E-state index contributed by atoms with van der Waals surface area (Å²) in [6.07, 6.45) is 4.52. The number of hydrogen-bond acceptors (Lipinski definition) is 3. The lowest BCUT2D eigenvalue weighted by Gasteiger charge is -2.25. The first kappa shape index (κ1) is 17.0. The average molecular weight is 284 g/mol. The molecule has 0 bridgehead atoms. The zero-order valence-corrected chi connectivity index (χ0v) is 12.8. The highest BCUT2D eigenvalue weighted by Gasteiger charge is 2.31. The van der Waals surface area contributed by atoms with Gasteiger partial charge in [-0.15, -0.1) is 0 Å². The Bertz CT molecular complexity index is 327. The van der Waals surface area contributed by atoms with Crippen molar-refractivity contribution >= 4 is 11.8 Å². The lowest BCUT2D eigenvalue weighted by molar-refractivity contribution is -0.129. The van der Waals surface area contributed by atoms with Crippen LogP contribution in [-0.2, 0) is 9.59 Å². The van der Waals surface area contributed by atoms with E-state index in [0.29, 0.717) is 0 Å². The van der Waals surface area contributed by atoms with E-state index in [1.807, 2.05) is 13.8 Å². The molecule has 0 aromatic carbocycles. The highest BCUT2D eigenvalue weighted by Crippen LogP contribution is 2.27. The number of carbonyl (C=O) groups excluding carboxylic acids is 2. The topological polar surface area (TPSA) is 78.4 Å². The smallest absolute Gasteiger partial charge is 0.242 e. The summed E-state index contributed by atoms with van der Waals surface area (Å²) in [6.45, 7) is 5.65. The fourth-order valence-corrected chi connectivity index (χ4v) is 2.70. The van der Waals surface area contributed by atoms with Crippen molar-refractivity contribution in [1.82, 2.24) is 10.6 Å². The molecule has 5 nitrogen and oxygen atoms in total. The van der Waals surface area contributed by atoms with Crippen molar-refractivity contribution in [3.63, 3.8) is 0 Å². The van der Waals surface area contributed by atoms with Crippen molar-refractivity contribution in [1.29, 1.82) is 0 Å². The summed E-state index contributed by atoms with van der Waals surface area (Å²) in [5.74, 6) is 0.0228. The van der Waals surface area contributed by atoms with Crippen LogP contribution in [0.3, 0.4) is 0 Å². The molecule has 2 amide bonds. The second-order valence-corrected chi connectivity index (χ2v) is 5.92. The fourth-order valence-electron chi connectivity index (χ4n) is 2.70. The van der Waals surface area contributed by atoms with Gasteiger partial charge in [0.15, 0.2) is 0 Å². The van der Waals surface area contributed by atoms with E-state index in [1.165, 1.54) is 6.92 Å². The molecule has 1 aliphatic carbocycles. The predicted molar refractivity (Wildman–Crippen MR) is 78.0 cm³/mol. The number of nitrogens with one attached hydrogen (secondary N) is 2. The third kappa shape index (κ3) is 5.12. The summed E-state index contributed by atoms with van der Waals surface area (Å²) in [7, 11) is 0. The molecule has 0 spiro atoms. The zero-order valence-electron chi connectivity index (χ0n) is 12.8. The molecule has 3 atom stereocenters. The van der Waals surface area contributed by atoms with Crippen LogP contribution < -0.4 is 10.6 Å². The van der Waals surface area contributed by atoms with Crippen LogP contribution in [0.15, 0.2) is 0 Å². The Kier molecular flexibility index (Phi) is 6.99. The third-order valence-corrected chi connectivity index (χ3v) is 4.30. The molecule has 0 radical (unpaired) electrons. The maximum Gasteiger partial charge on any atom is 0.242 e. The van der Waals surface area contributed by atoms with Gasteiger partial charge in [0.2, 0.25) is 11.8 Å². The SMILES string of the molecule is CCC(C)C(O)CNC(=O)C(NC(C)=O)C1CCCC1. The van der Waals surface area contributed by atoms with E-state index in [1.54, 1.807) is 0 Å². The monoisotopic (exact) mass is 284 g/mol. The number of aliphatic hydroxyl groups is 1. The van der Waals surface area contributed by atoms with Crippen LogP contribution in [0.5, 0.6) is 0 Å². The van der Waals surface area contributed by atoms with E-state index in [-0.39, 0.29) is 30.2 Å². The molecule has 0 heterocycles. The molecule has 1 saturated carbocycles. The van der Waals surface area contributed by atoms with Crippen LogP contribution in [0.25, 0.3) is 0 Å². The molecule has 0 aromatic rings. The van der Waals surface area contributed by atoms with Gasteiger partial charge in [0.05, 0.1) is 6.10 Å². The molecule has 3 unspecified atom stereocenters. The van der Waals surface area contributed by atoms with Gasteiger partial charge in [0, 0.05) is 13.5 Å². The van der Waals surface area contributed by atoms with Crippen molar-refractivity contribution in [2.45, 2.75) is 65.0 Å². The molecular weight excluding hydrogens is 256 g/mol. The summed E-state index contributed by atoms with van der Waals surface area (Å²) in [4.78, 5) is 23.5. The van der Waals surface area contributed by atoms with Crippen LogP contribution >= 0.6 is 0 Å². The lowest BCUT2D eigenvalue weighted by Crippen LogP contribution is -2.51. The normalized spacial score (nSPS) is 20.2. The molecular formula is C15H28N2O3. The van der Waals surface area contributed by atoms with E-state index < -0.39 is 12.1 Å². The number of hydrogen-bond donors (Lipinski definition) is 3. The van der Waals surface area contributed by atoms with E-state index in [9.17, 15) is 14.7 Å². The highest BCUT2D eigenvalue weighted by molar-refractivity contribution is 5.87. The van der Waals surface area contributed by atoms with Crippen LogP contribution in [0.1, 0.15) is 52.9 Å². The molecule has 1 fully saturated rings. The first-order valence-electron chi connectivity index (χ1n) is 7.68. The van der Waals surface area contributed by atoms with Gasteiger partial charge in [-0.05, 0) is 24.7 Å². The maximum atomic E-state index is 12.2. The Morgan fingerprint density at radius 1 is 1.30 bits per heavy atom. The Hall–Kier alpha value is -1.10. The summed E-state index contributed by atoms with van der Waals surface area (Å²) in [5.41, 5.74) is 0. The van der Waals surface area contributed by atoms with Crippen molar-refractivity contribution in [2.75, 3.05) is 6.54 Å². The van der Waals surface area contributed by atoms with Gasteiger partial charge < -0.3 is 15.7 Å².